The van der Waals surface area contributed by atoms with E-state index in [1.165, 1.54) is 36.3 Å². The number of aliphatic hydroxyl groups excluding tert-OH is 2. The minimum atomic E-state index is -1.66. The summed E-state index contributed by atoms with van der Waals surface area (Å²) in [6.45, 7) is 3.80. The number of aliphatic hydroxyl groups is 2. The fourth-order valence-corrected chi connectivity index (χ4v) is 9.99. The van der Waals surface area contributed by atoms with Crippen molar-refractivity contribution in [3.63, 3.8) is 0 Å². The molecule has 1 aliphatic heterocycles. The standard InChI is InChI=1S/C52H57ClFN3O12/c1-3-25-66-52-48(56(51(61)65-26-22-53)31-34-10-14-38(54)15-11-34)30-45(55-67-33-35-12-16-39(17-13-35)57(62)63)43-28-36(8-4-6-23-58)42(9-5-7-24-59)49(50(43)52)44-29-41(19-21-47(44)69-52)68-40-18-20-46(64-2)37(27-40)32-60/h3,10-21,27-29,32,36,42,48-50,58-59H,1,4-9,22-26,30-31,33H2,2H3. The molecular formula is C52H57ClFN3O12. The number of nitro benzene ring substituents is 1. The number of rotatable bonds is 24. The second kappa shape index (κ2) is 23.8. The number of methoxy groups -OCH3 is 1. The van der Waals surface area contributed by atoms with Gasteiger partial charge >= 0.3 is 6.09 Å². The zero-order chi connectivity index (χ0) is 48.9. The smallest absolute Gasteiger partial charge is 0.410 e. The lowest BCUT2D eigenvalue weighted by Gasteiger charge is -2.59. The summed E-state index contributed by atoms with van der Waals surface area (Å²) in [5.74, 6) is -1.70. The van der Waals surface area contributed by atoms with Gasteiger partial charge in [0.05, 0.1) is 41.7 Å². The number of ether oxygens (including phenoxy) is 5. The van der Waals surface area contributed by atoms with Crippen LogP contribution in [0.2, 0.25) is 0 Å². The van der Waals surface area contributed by atoms with Gasteiger partial charge in [0.2, 0.25) is 5.79 Å². The molecule has 366 valence electrons. The van der Waals surface area contributed by atoms with Crippen LogP contribution in [0.3, 0.4) is 0 Å². The Bertz CT molecular complexity index is 2490. The number of alkyl halides is 1. The number of allylic oxidation sites excluding steroid dienone is 1. The fourth-order valence-electron chi connectivity index (χ4n) is 9.91. The quantitative estimate of drug-likeness (QED) is 0.0169. The number of hydrogen-bond acceptors (Lipinski definition) is 13. The molecule has 7 rings (SSSR count). The Hall–Kier alpha value is -6.33. The number of oxime groups is 1. The zero-order valence-electron chi connectivity index (χ0n) is 38.4. The van der Waals surface area contributed by atoms with E-state index in [2.05, 4.69) is 12.7 Å². The molecule has 1 saturated carbocycles. The van der Waals surface area contributed by atoms with E-state index in [4.69, 9.17) is 45.3 Å². The molecule has 4 aromatic rings. The maximum atomic E-state index is 14.6. The Balaban J connectivity index is 1.45. The Morgan fingerprint density at radius 1 is 1.00 bits per heavy atom. The van der Waals surface area contributed by atoms with Crippen LogP contribution < -0.4 is 14.2 Å². The molecule has 0 spiro atoms. The molecule has 3 aliphatic rings. The van der Waals surface area contributed by atoms with E-state index in [1.807, 2.05) is 6.07 Å². The average molecular weight is 970 g/mol. The number of non-ortho nitro benzene ring substituents is 1. The number of unbranched alkanes of at least 4 members (excludes halogenated alkanes) is 2. The summed E-state index contributed by atoms with van der Waals surface area (Å²) in [6, 6.07) is 21.2. The van der Waals surface area contributed by atoms with Crippen molar-refractivity contribution in [3.8, 4) is 23.0 Å². The van der Waals surface area contributed by atoms with Gasteiger partial charge in [-0.2, -0.15) is 0 Å². The van der Waals surface area contributed by atoms with E-state index < -0.39 is 40.5 Å². The molecule has 17 heteroatoms. The number of hydrogen-bond donors (Lipinski definition) is 2. The first-order valence-corrected chi connectivity index (χ1v) is 23.6. The highest BCUT2D eigenvalue weighted by molar-refractivity contribution is 6.18. The maximum Gasteiger partial charge on any atom is 0.410 e. The van der Waals surface area contributed by atoms with Gasteiger partial charge in [-0.1, -0.05) is 42.3 Å². The molecule has 4 aromatic carbocycles. The molecule has 6 atom stereocenters. The van der Waals surface area contributed by atoms with Crippen LogP contribution in [0, 0.1) is 33.7 Å². The van der Waals surface area contributed by atoms with E-state index in [-0.39, 0.29) is 69.4 Å². The number of amides is 1. The first-order valence-electron chi connectivity index (χ1n) is 23.1. The van der Waals surface area contributed by atoms with E-state index >= 15 is 0 Å². The van der Waals surface area contributed by atoms with Crippen LogP contribution in [-0.4, -0.2) is 89.4 Å². The first kappa shape index (κ1) is 50.5. The van der Waals surface area contributed by atoms with E-state index in [0.29, 0.717) is 90.2 Å². The number of nitro groups is 1. The van der Waals surface area contributed by atoms with Crippen LogP contribution in [0.5, 0.6) is 23.0 Å². The number of fused-ring (bicyclic) bond motifs is 2. The number of benzene rings is 4. The summed E-state index contributed by atoms with van der Waals surface area (Å²) in [5, 5.41) is 36.2. The molecule has 0 aromatic heterocycles. The predicted molar refractivity (Wildman–Crippen MR) is 255 cm³/mol. The number of carbonyl (C=O) groups excluding carboxylic acids is 2. The van der Waals surface area contributed by atoms with Gasteiger partial charge in [0.25, 0.3) is 5.69 Å². The highest BCUT2D eigenvalue weighted by atomic mass is 35.5. The minimum absolute atomic E-state index is 0.000466. The molecular weight excluding hydrogens is 913 g/mol. The van der Waals surface area contributed by atoms with Gasteiger partial charge in [-0.3, -0.25) is 19.8 Å². The van der Waals surface area contributed by atoms with Crippen LogP contribution in [0.25, 0.3) is 0 Å². The second-order valence-corrected chi connectivity index (χ2v) is 17.5. The number of halogens is 2. The maximum absolute atomic E-state index is 14.6. The van der Waals surface area contributed by atoms with Crippen LogP contribution in [0.4, 0.5) is 14.9 Å². The number of aldehydes is 1. The van der Waals surface area contributed by atoms with Crippen LogP contribution >= 0.6 is 11.6 Å². The molecule has 0 bridgehead atoms. The molecule has 69 heavy (non-hydrogen) atoms. The Morgan fingerprint density at radius 3 is 2.39 bits per heavy atom. The highest BCUT2D eigenvalue weighted by Gasteiger charge is 2.65. The van der Waals surface area contributed by atoms with Crippen molar-refractivity contribution in [1.82, 2.24) is 4.90 Å². The predicted octanol–water partition coefficient (Wildman–Crippen LogP) is 10.1. The summed E-state index contributed by atoms with van der Waals surface area (Å²) in [6.07, 6.45) is 7.69. The van der Waals surface area contributed by atoms with Crippen molar-refractivity contribution in [2.24, 2.45) is 22.9 Å². The highest BCUT2D eigenvalue weighted by Crippen LogP contribution is 2.62. The second-order valence-electron chi connectivity index (χ2n) is 17.2. The van der Waals surface area contributed by atoms with Crippen molar-refractivity contribution in [2.45, 2.75) is 75.8 Å². The lowest BCUT2D eigenvalue weighted by atomic mass is 9.55. The fraction of sp³-hybridized carbons (Fsp3) is 0.404. The van der Waals surface area contributed by atoms with Crippen LogP contribution in [0.1, 0.15) is 77.9 Å². The monoisotopic (exact) mass is 969 g/mol. The number of carbonyl (C=O) groups is 2. The van der Waals surface area contributed by atoms with Gasteiger partial charge in [-0.25, -0.2) is 9.18 Å². The first-order chi connectivity index (χ1) is 33.6. The molecule has 1 amide bonds. The van der Waals surface area contributed by atoms with Gasteiger partial charge < -0.3 is 38.7 Å². The molecule has 2 aliphatic carbocycles. The Kier molecular flexibility index (Phi) is 17.4. The summed E-state index contributed by atoms with van der Waals surface area (Å²) in [7, 11) is 1.48. The van der Waals surface area contributed by atoms with Crippen molar-refractivity contribution in [3.05, 3.63) is 147 Å². The van der Waals surface area contributed by atoms with Crippen LogP contribution in [-0.2, 0) is 27.5 Å². The largest absolute Gasteiger partial charge is 0.496 e. The Labute approximate surface area is 405 Å². The van der Waals surface area contributed by atoms with E-state index in [0.717, 1.165) is 11.1 Å². The SMILES string of the molecule is C=CCOC12Oc3ccc(Oc4ccc(OC)c(C=O)c4)cc3C3C(CCCCO)C(CCCCO)C=C(C(=NOCc4ccc([N+](=O)[O-])cc4)CC1N(Cc1ccc(F)cc1)C(=O)OCCCl)C32. The van der Waals surface area contributed by atoms with Crippen molar-refractivity contribution < 1.29 is 57.6 Å². The lowest BCUT2D eigenvalue weighted by Crippen LogP contribution is -2.70. The molecule has 6 unspecified atom stereocenters. The minimum Gasteiger partial charge on any atom is -0.496 e. The lowest BCUT2D eigenvalue weighted by molar-refractivity contribution is -0.384. The topological polar surface area (TPSA) is 189 Å². The third-order valence-corrected chi connectivity index (χ3v) is 13.1. The number of nitrogens with zero attached hydrogens (tertiary/aromatic N) is 3. The van der Waals surface area contributed by atoms with Crippen molar-refractivity contribution >= 4 is 35.4 Å². The van der Waals surface area contributed by atoms with Crippen molar-refractivity contribution in [1.29, 1.82) is 0 Å². The van der Waals surface area contributed by atoms with Gasteiger partial charge in [-0.05, 0) is 115 Å². The van der Waals surface area contributed by atoms with Crippen LogP contribution in [0.15, 0.2) is 114 Å². The van der Waals surface area contributed by atoms with Gasteiger partial charge in [0.1, 0.15) is 48.1 Å². The summed E-state index contributed by atoms with van der Waals surface area (Å²) in [4.78, 5) is 45.2. The molecule has 15 nitrogen and oxygen atoms in total. The normalized spacial score (nSPS) is 21.7. The van der Waals surface area contributed by atoms with Gasteiger partial charge in [0.15, 0.2) is 6.29 Å². The third kappa shape index (κ3) is 11.6. The Morgan fingerprint density at radius 2 is 1.71 bits per heavy atom. The molecule has 1 heterocycles. The summed E-state index contributed by atoms with van der Waals surface area (Å²) in [5.41, 5.74) is 3.49. The van der Waals surface area contributed by atoms with Gasteiger partial charge in [-0.15, -0.1) is 18.2 Å². The zero-order valence-corrected chi connectivity index (χ0v) is 39.1. The molecule has 1 fully saturated rings. The molecule has 0 saturated heterocycles. The van der Waals surface area contributed by atoms with Crippen molar-refractivity contribution in [2.75, 3.05) is 39.4 Å². The molecule has 2 N–H and O–H groups in total. The summed E-state index contributed by atoms with van der Waals surface area (Å²) < 4.78 is 46.3. The van der Waals surface area contributed by atoms with E-state index in [1.54, 1.807) is 60.7 Å². The van der Waals surface area contributed by atoms with Gasteiger partial charge in [0, 0.05) is 49.8 Å². The summed E-state index contributed by atoms with van der Waals surface area (Å²) >= 11 is 6.08. The van der Waals surface area contributed by atoms with E-state index in [9.17, 15) is 34.3 Å². The molecule has 0 radical (unpaired) electrons. The average Bonchev–Trinajstić information content (AvgIpc) is 3.36. The third-order valence-electron chi connectivity index (χ3n) is 12.9.